The Morgan fingerprint density at radius 1 is 1.38 bits per heavy atom. The van der Waals surface area contributed by atoms with Crippen LogP contribution in [0.25, 0.3) is 0 Å². The molecule has 1 atom stereocenters. The monoisotopic (exact) mass is 222 g/mol. The van der Waals surface area contributed by atoms with Crippen molar-refractivity contribution in [3.63, 3.8) is 0 Å². The number of nitrogens with zero attached hydrogens (tertiary/aromatic N) is 1. The molecule has 1 heterocycles. The summed E-state index contributed by atoms with van der Waals surface area (Å²) in [6, 6.07) is 5.75. The Bertz CT molecular complexity index is 418. The van der Waals surface area contributed by atoms with E-state index in [4.69, 9.17) is 19.9 Å². The molecule has 0 bridgehead atoms. The first-order valence-corrected chi connectivity index (χ1v) is 4.93. The van der Waals surface area contributed by atoms with Crippen molar-refractivity contribution in [1.29, 1.82) is 0 Å². The first kappa shape index (κ1) is 10.6. The second-order valence-corrected chi connectivity index (χ2v) is 3.38. The van der Waals surface area contributed by atoms with Gasteiger partial charge in [0.1, 0.15) is 12.6 Å². The zero-order valence-corrected chi connectivity index (χ0v) is 9.27. The zero-order chi connectivity index (χ0) is 11.5. The van der Waals surface area contributed by atoms with Gasteiger partial charge in [0, 0.05) is 5.56 Å². The van der Waals surface area contributed by atoms with Crippen LogP contribution < -0.4 is 15.2 Å². The topological polar surface area (TPSA) is 66.1 Å². The van der Waals surface area contributed by atoms with Gasteiger partial charge in [-0.15, -0.1) is 0 Å². The van der Waals surface area contributed by atoms with E-state index in [2.05, 4.69) is 4.99 Å². The van der Waals surface area contributed by atoms with Crippen LogP contribution in [0.1, 0.15) is 11.6 Å². The molecular formula is C11H14N2O3. The molecule has 1 aromatic rings. The third-order valence-electron chi connectivity index (χ3n) is 2.46. The highest BCUT2D eigenvalue weighted by Gasteiger charge is 2.23. The number of rotatable bonds is 3. The molecule has 0 saturated carbocycles. The molecule has 0 aromatic heterocycles. The maximum atomic E-state index is 5.48. The normalized spacial score (nSPS) is 18.9. The fourth-order valence-electron chi connectivity index (χ4n) is 1.73. The number of hydrogen-bond donors (Lipinski definition) is 1. The number of ether oxygens (including phenoxy) is 3. The minimum absolute atomic E-state index is 0.120. The molecule has 1 aromatic carbocycles. The lowest BCUT2D eigenvalue weighted by atomic mass is 10.1. The molecule has 0 radical (unpaired) electrons. The van der Waals surface area contributed by atoms with Gasteiger partial charge in [0.15, 0.2) is 11.5 Å². The number of benzene rings is 1. The molecular weight excluding hydrogens is 208 g/mol. The quantitative estimate of drug-likeness (QED) is 0.831. The van der Waals surface area contributed by atoms with Gasteiger partial charge >= 0.3 is 0 Å². The van der Waals surface area contributed by atoms with Crippen LogP contribution in [0, 0.1) is 0 Å². The van der Waals surface area contributed by atoms with Gasteiger partial charge in [-0.1, -0.05) is 12.1 Å². The number of methoxy groups -OCH3 is 2. The second-order valence-electron chi connectivity index (χ2n) is 3.38. The summed E-state index contributed by atoms with van der Waals surface area (Å²) < 4.78 is 15.7. The van der Waals surface area contributed by atoms with Crippen LogP contribution in [0.4, 0.5) is 0 Å². The Morgan fingerprint density at radius 2 is 2.19 bits per heavy atom. The highest BCUT2D eigenvalue weighted by Crippen LogP contribution is 2.37. The molecule has 5 heteroatoms. The molecule has 1 aliphatic rings. The number of nitrogens with two attached hydrogens (primary N) is 1. The van der Waals surface area contributed by atoms with E-state index in [0.29, 0.717) is 18.1 Å². The van der Waals surface area contributed by atoms with Crippen LogP contribution in [-0.2, 0) is 4.74 Å². The first-order chi connectivity index (χ1) is 7.76. The Morgan fingerprint density at radius 3 is 2.75 bits per heavy atom. The second kappa shape index (κ2) is 4.30. The molecule has 1 unspecified atom stereocenters. The Balaban J connectivity index is 2.40. The lowest BCUT2D eigenvalue weighted by Gasteiger charge is -2.14. The van der Waals surface area contributed by atoms with Crippen molar-refractivity contribution in [2.75, 3.05) is 20.8 Å². The maximum absolute atomic E-state index is 5.48. The van der Waals surface area contributed by atoms with Gasteiger partial charge < -0.3 is 19.9 Å². The van der Waals surface area contributed by atoms with Crippen LogP contribution >= 0.6 is 0 Å². The average molecular weight is 222 g/mol. The largest absolute Gasteiger partial charge is 0.493 e. The molecule has 0 spiro atoms. The van der Waals surface area contributed by atoms with Gasteiger partial charge in [-0.3, -0.25) is 0 Å². The highest BCUT2D eigenvalue weighted by molar-refractivity contribution is 5.73. The summed E-state index contributed by atoms with van der Waals surface area (Å²) >= 11 is 0. The summed E-state index contributed by atoms with van der Waals surface area (Å²) in [7, 11) is 3.20. The van der Waals surface area contributed by atoms with E-state index in [1.807, 2.05) is 18.2 Å². The number of para-hydroxylation sites is 1. The minimum atomic E-state index is -0.120. The molecule has 16 heavy (non-hydrogen) atoms. The van der Waals surface area contributed by atoms with Gasteiger partial charge in [-0.05, 0) is 6.07 Å². The molecule has 0 fully saturated rings. The lowest BCUT2D eigenvalue weighted by molar-refractivity contribution is 0.307. The van der Waals surface area contributed by atoms with E-state index >= 15 is 0 Å². The predicted octanol–water partition coefficient (Wildman–Crippen LogP) is 1.09. The number of amidine groups is 1. The third kappa shape index (κ3) is 1.76. The smallest absolute Gasteiger partial charge is 0.282 e. The van der Waals surface area contributed by atoms with Gasteiger partial charge in [0.05, 0.1) is 14.2 Å². The molecule has 2 rings (SSSR count). The highest BCUT2D eigenvalue weighted by atomic mass is 16.5. The van der Waals surface area contributed by atoms with E-state index in [1.54, 1.807) is 14.2 Å². The van der Waals surface area contributed by atoms with E-state index < -0.39 is 0 Å². The molecule has 0 amide bonds. The van der Waals surface area contributed by atoms with Crippen molar-refractivity contribution in [2.45, 2.75) is 6.04 Å². The van der Waals surface area contributed by atoms with Crippen molar-refractivity contribution in [3.05, 3.63) is 23.8 Å². The average Bonchev–Trinajstić information content (AvgIpc) is 2.74. The predicted molar refractivity (Wildman–Crippen MR) is 59.9 cm³/mol. The molecule has 1 aliphatic heterocycles. The van der Waals surface area contributed by atoms with E-state index in [-0.39, 0.29) is 12.1 Å². The SMILES string of the molecule is COc1cccc(C2COC(N)=N2)c1OC. The van der Waals surface area contributed by atoms with E-state index in [0.717, 1.165) is 5.56 Å². The van der Waals surface area contributed by atoms with Gasteiger partial charge in [-0.25, -0.2) is 4.99 Å². The fraction of sp³-hybridized carbons (Fsp3) is 0.364. The summed E-state index contributed by atoms with van der Waals surface area (Å²) in [6.45, 7) is 0.440. The van der Waals surface area contributed by atoms with Crippen LogP contribution in [0.5, 0.6) is 11.5 Å². The molecule has 5 nitrogen and oxygen atoms in total. The summed E-state index contributed by atoms with van der Waals surface area (Å²) in [6.07, 6.45) is 0. The molecule has 86 valence electrons. The van der Waals surface area contributed by atoms with Crippen molar-refractivity contribution in [2.24, 2.45) is 10.7 Å². The Hall–Kier alpha value is -1.91. The summed E-state index contributed by atoms with van der Waals surface area (Å²) in [4.78, 5) is 4.18. The van der Waals surface area contributed by atoms with Crippen molar-refractivity contribution < 1.29 is 14.2 Å². The third-order valence-corrected chi connectivity index (χ3v) is 2.46. The van der Waals surface area contributed by atoms with Crippen molar-refractivity contribution in [3.8, 4) is 11.5 Å². The summed E-state index contributed by atoms with van der Waals surface area (Å²) in [5.74, 6) is 1.36. The van der Waals surface area contributed by atoms with Gasteiger partial charge in [-0.2, -0.15) is 0 Å². The lowest BCUT2D eigenvalue weighted by Crippen LogP contribution is -2.10. The number of aliphatic imine (C=N–C) groups is 1. The Kier molecular flexibility index (Phi) is 2.85. The first-order valence-electron chi connectivity index (χ1n) is 4.93. The molecule has 2 N–H and O–H groups in total. The molecule has 0 saturated heterocycles. The fourth-order valence-corrected chi connectivity index (χ4v) is 1.73. The maximum Gasteiger partial charge on any atom is 0.282 e. The van der Waals surface area contributed by atoms with Crippen molar-refractivity contribution >= 4 is 6.02 Å². The van der Waals surface area contributed by atoms with Gasteiger partial charge in [0.2, 0.25) is 0 Å². The van der Waals surface area contributed by atoms with Crippen molar-refractivity contribution in [1.82, 2.24) is 0 Å². The van der Waals surface area contributed by atoms with Crippen LogP contribution in [0.3, 0.4) is 0 Å². The zero-order valence-electron chi connectivity index (χ0n) is 9.27. The van der Waals surface area contributed by atoms with Crippen LogP contribution in [0.15, 0.2) is 23.2 Å². The summed E-state index contributed by atoms with van der Waals surface area (Å²) in [5.41, 5.74) is 6.40. The van der Waals surface area contributed by atoms with Crippen LogP contribution in [0.2, 0.25) is 0 Å². The minimum Gasteiger partial charge on any atom is -0.493 e. The molecule has 0 aliphatic carbocycles. The van der Waals surface area contributed by atoms with Crippen LogP contribution in [-0.4, -0.2) is 26.8 Å². The standard InChI is InChI=1S/C11H14N2O3/c1-14-9-5-3-4-7(10(9)15-2)8-6-16-11(12)13-8/h3-5,8H,6H2,1-2H3,(H2,12,13). The number of hydrogen-bond acceptors (Lipinski definition) is 5. The van der Waals surface area contributed by atoms with E-state index in [9.17, 15) is 0 Å². The van der Waals surface area contributed by atoms with Gasteiger partial charge in [0.25, 0.3) is 6.02 Å². The summed E-state index contributed by atoms with van der Waals surface area (Å²) in [5, 5.41) is 0. The Labute approximate surface area is 93.8 Å². The van der Waals surface area contributed by atoms with E-state index in [1.165, 1.54) is 0 Å².